The Morgan fingerprint density at radius 2 is 2.04 bits per heavy atom. The molecule has 0 radical (unpaired) electrons. The van der Waals surface area contributed by atoms with Crippen LogP contribution in [0.15, 0.2) is 40.3 Å². The predicted molar refractivity (Wildman–Crippen MR) is 89.1 cm³/mol. The van der Waals surface area contributed by atoms with Gasteiger partial charge in [-0.05, 0) is 12.0 Å². The van der Waals surface area contributed by atoms with Crippen LogP contribution in [0.25, 0.3) is 11.2 Å². The molecule has 1 aliphatic heterocycles. The zero-order valence-electron chi connectivity index (χ0n) is 13.6. The van der Waals surface area contributed by atoms with Crippen LogP contribution >= 0.6 is 0 Å². The van der Waals surface area contributed by atoms with E-state index >= 15 is 0 Å². The van der Waals surface area contributed by atoms with E-state index in [0.29, 0.717) is 24.4 Å². The number of allylic oxidation sites excluding steroid dienone is 2. The van der Waals surface area contributed by atoms with Gasteiger partial charge in [-0.25, -0.2) is 9.78 Å². The van der Waals surface area contributed by atoms with Crippen LogP contribution in [0.5, 0.6) is 0 Å². The summed E-state index contributed by atoms with van der Waals surface area (Å²) in [4.78, 5) is 31.3. The summed E-state index contributed by atoms with van der Waals surface area (Å²) in [5.41, 5.74) is 0.306. The maximum atomic E-state index is 12.5. The van der Waals surface area contributed by atoms with Gasteiger partial charge in [0.25, 0.3) is 5.56 Å². The van der Waals surface area contributed by atoms with E-state index in [4.69, 9.17) is 0 Å². The zero-order valence-corrected chi connectivity index (χ0v) is 13.6. The second-order valence-corrected chi connectivity index (χ2v) is 6.22. The molecular formula is C16H21N5O2. The van der Waals surface area contributed by atoms with Crippen LogP contribution in [0.4, 0.5) is 0 Å². The van der Waals surface area contributed by atoms with Crippen molar-refractivity contribution in [3.05, 3.63) is 51.6 Å². The topological polar surface area (TPSA) is 65.1 Å². The van der Waals surface area contributed by atoms with Gasteiger partial charge >= 0.3 is 5.69 Å². The summed E-state index contributed by atoms with van der Waals surface area (Å²) < 4.78 is 4.55. The molecule has 0 aromatic carbocycles. The molecule has 0 unspecified atom stereocenters. The van der Waals surface area contributed by atoms with Crippen LogP contribution in [0, 0.1) is 5.92 Å². The largest absolute Gasteiger partial charge is 0.356 e. The van der Waals surface area contributed by atoms with Gasteiger partial charge in [0.2, 0.25) is 0 Å². The summed E-state index contributed by atoms with van der Waals surface area (Å²) in [6.45, 7) is 5.90. The fourth-order valence-corrected chi connectivity index (χ4v) is 2.75. The van der Waals surface area contributed by atoms with Crippen LogP contribution in [0.1, 0.15) is 13.8 Å². The van der Waals surface area contributed by atoms with Crippen LogP contribution in [-0.4, -0.2) is 30.1 Å². The Labute approximate surface area is 133 Å². The summed E-state index contributed by atoms with van der Waals surface area (Å²) in [6.07, 6.45) is 9.60. The summed E-state index contributed by atoms with van der Waals surface area (Å²) in [7, 11) is 1.52. The van der Waals surface area contributed by atoms with E-state index in [9.17, 15) is 9.59 Å². The molecule has 0 fully saturated rings. The number of hydrogen-bond acceptors (Lipinski definition) is 4. The smallest absolute Gasteiger partial charge is 0.332 e. The van der Waals surface area contributed by atoms with Crippen molar-refractivity contribution in [1.82, 2.24) is 23.6 Å². The first-order valence-electron chi connectivity index (χ1n) is 7.71. The molecule has 0 bridgehead atoms. The van der Waals surface area contributed by atoms with E-state index in [1.165, 1.54) is 7.05 Å². The molecule has 0 amide bonds. The second kappa shape index (κ2) is 5.91. The highest BCUT2D eigenvalue weighted by Crippen LogP contribution is 2.11. The number of rotatable bonds is 4. The van der Waals surface area contributed by atoms with Gasteiger partial charge in [0.05, 0.1) is 13.0 Å². The molecule has 0 saturated heterocycles. The molecule has 3 rings (SSSR count). The number of imidazole rings is 1. The predicted octanol–water partition coefficient (Wildman–Crippen LogP) is 0.896. The first kappa shape index (κ1) is 15.3. The highest BCUT2D eigenvalue weighted by molar-refractivity contribution is 5.70. The Morgan fingerprint density at radius 1 is 1.26 bits per heavy atom. The third-order valence-corrected chi connectivity index (χ3v) is 3.86. The lowest BCUT2D eigenvalue weighted by atomic mass is 10.2. The number of fused-ring (bicyclic) bond motifs is 1. The van der Waals surface area contributed by atoms with Crippen molar-refractivity contribution >= 4 is 11.2 Å². The summed E-state index contributed by atoms with van der Waals surface area (Å²) in [5, 5.41) is 0. The maximum Gasteiger partial charge on any atom is 0.332 e. The third-order valence-electron chi connectivity index (χ3n) is 3.86. The molecule has 2 aromatic heterocycles. The molecule has 0 atom stereocenters. The highest BCUT2D eigenvalue weighted by Gasteiger charge is 2.17. The van der Waals surface area contributed by atoms with E-state index < -0.39 is 0 Å². The van der Waals surface area contributed by atoms with E-state index in [-0.39, 0.29) is 17.2 Å². The van der Waals surface area contributed by atoms with Crippen LogP contribution < -0.4 is 11.2 Å². The number of nitrogens with zero attached hydrogens (tertiary/aromatic N) is 5. The Hall–Kier alpha value is -2.57. The lowest BCUT2D eigenvalue weighted by molar-refractivity contribution is 0.335. The third kappa shape index (κ3) is 2.74. The molecule has 1 aliphatic rings. The molecular weight excluding hydrogens is 294 g/mol. The summed E-state index contributed by atoms with van der Waals surface area (Å²) in [6, 6.07) is 0. The molecule has 2 aromatic rings. The molecule has 3 heterocycles. The minimum absolute atomic E-state index is 0.286. The fourth-order valence-electron chi connectivity index (χ4n) is 2.75. The SMILES string of the molecule is CC(C)Cn1c(=O)n(C)c(=O)c2c1ncn2CN1C=CC=CC1. The standard InChI is InChI=1S/C16H21N5O2/c1-12(2)9-21-14-13(15(22)18(3)16(21)23)20(10-17-14)11-19-7-5-4-6-8-19/h4-7,10,12H,8-9,11H2,1-3H3. The average molecular weight is 315 g/mol. The molecule has 7 nitrogen and oxygen atoms in total. The lowest BCUT2D eigenvalue weighted by Gasteiger charge is -2.21. The van der Waals surface area contributed by atoms with Crippen LogP contribution in [-0.2, 0) is 20.3 Å². The van der Waals surface area contributed by atoms with E-state index in [2.05, 4.69) is 9.88 Å². The molecule has 0 aliphatic carbocycles. The molecule has 0 N–H and O–H groups in total. The average Bonchev–Trinajstić information content (AvgIpc) is 2.94. The molecule has 0 spiro atoms. The van der Waals surface area contributed by atoms with Crippen molar-refractivity contribution in [1.29, 1.82) is 0 Å². The Kier molecular flexibility index (Phi) is 3.94. The summed E-state index contributed by atoms with van der Waals surface area (Å²) in [5.74, 6) is 0.286. The second-order valence-electron chi connectivity index (χ2n) is 6.22. The fraction of sp³-hybridized carbons (Fsp3) is 0.438. The number of aromatic nitrogens is 4. The van der Waals surface area contributed by atoms with Crippen molar-refractivity contribution in [3.8, 4) is 0 Å². The molecule has 7 heteroatoms. The monoisotopic (exact) mass is 315 g/mol. The summed E-state index contributed by atoms with van der Waals surface area (Å²) >= 11 is 0. The number of hydrogen-bond donors (Lipinski definition) is 0. The maximum absolute atomic E-state index is 12.5. The van der Waals surface area contributed by atoms with E-state index in [0.717, 1.165) is 11.1 Å². The van der Waals surface area contributed by atoms with E-state index in [1.54, 1.807) is 15.5 Å². The van der Waals surface area contributed by atoms with Gasteiger partial charge < -0.3 is 9.47 Å². The highest BCUT2D eigenvalue weighted by atomic mass is 16.2. The van der Waals surface area contributed by atoms with Crippen LogP contribution in [0.3, 0.4) is 0 Å². The van der Waals surface area contributed by atoms with Gasteiger partial charge in [0.15, 0.2) is 11.2 Å². The quantitative estimate of drug-likeness (QED) is 0.841. The normalized spacial score (nSPS) is 14.3. The molecule has 23 heavy (non-hydrogen) atoms. The van der Waals surface area contributed by atoms with Crippen LogP contribution in [0.2, 0.25) is 0 Å². The van der Waals surface area contributed by atoms with Crippen molar-refractivity contribution in [2.75, 3.05) is 6.54 Å². The Balaban J connectivity index is 2.13. The Bertz CT molecular complexity index is 898. The Morgan fingerprint density at radius 3 is 2.70 bits per heavy atom. The van der Waals surface area contributed by atoms with Gasteiger partial charge in [-0.15, -0.1) is 0 Å². The van der Waals surface area contributed by atoms with E-state index in [1.807, 2.05) is 38.3 Å². The van der Waals surface area contributed by atoms with Crippen molar-refractivity contribution in [3.63, 3.8) is 0 Å². The minimum Gasteiger partial charge on any atom is -0.356 e. The van der Waals surface area contributed by atoms with Gasteiger partial charge in [0.1, 0.15) is 0 Å². The van der Waals surface area contributed by atoms with Gasteiger partial charge in [0, 0.05) is 26.3 Å². The zero-order chi connectivity index (χ0) is 16.6. The van der Waals surface area contributed by atoms with Crippen molar-refractivity contribution in [2.45, 2.75) is 27.1 Å². The first-order valence-corrected chi connectivity index (χ1v) is 7.71. The van der Waals surface area contributed by atoms with Crippen molar-refractivity contribution in [2.24, 2.45) is 13.0 Å². The molecule has 0 saturated carbocycles. The minimum atomic E-state index is -0.317. The molecule has 122 valence electrons. The lowest BCUT2D eigenvalue weighted by Crippen LogP contribution is -2.39. The van der Waals surface area contributed by atoms with Gasteiger partial charge in [-0.3, -0.25) is 13.9 Å². The van der Waals surface area contributed by atoms with Crippen molar-refractivity contribution < 1.29 is 0 Å². The first-order chi connectivity index (χ1) is 11.0. The van der Waals surface area contributed by atoms with Gasteiger partial charge in [-0.2, -0.15) is 0 Å². The van der Waals surface area contributed by atoms with Gasteiger partial charge in [-0.1, -0.05) is 26.0 Å².